The van der Waals surface area contributed by atoms with Crippen LogP contribution < -0.4 is 0 Å². The Kier molecular flexibility index (Phi) is 3.71. The van der Waals surface area contributed by atoms with Crippen molar-refractivity contribution in [1.29, 1.82) is 0 Å². The van der Waals surface area contributed by atoms with Gasteiger partial charge < -0.3 is 9.67 Å². The lowest BCUT2D eigenvalue weighted by molar-refractivity contribution is 0.273. The van der Waals surface area contributed by atoms with Crippen LogP contribution in [0.4, 0.5) is 8.78 Å². The number of rotatable bonds is 3. The second kappa shape index (κ2) is 5.54. The SMILES string of the molecule is CC(C)c1c(CO)n(-c2cc(F)cc(F)c2)c2ccccc12. The zero-order valence-corrected chi connectivity index (χ0v) is 12.5. The third-order valence-electron chi connectivity index (χ3n) is 3.85. The van der Waals surface area contributed by atoms with Crippen LogP contribution in [0, 0.1) is 11.6 Å². The molecule has 4 heteroatoms. The molecule has 0 spiro atoms. The summed E-state index contributed by atoms with van der Waals surface area (Å²) < 4.78 is 28.9. The van der Waals surface area contributed by atoms with Crippen molar-refractivity contribution in [3.05, 3.63) is 65.4 Å². The summed E-state index contributed by atoms with van der Waals surface area (Å²) in [4.78, 5) is 0. The number of aliphatic hydroxyl groups is 1. The minimum atomic E-state index is -0.636. The molecule has 3 aromatic rings. The van der Waals surface area contributed by atoms with Crippen LogP contribution >= 0.6 is 0 Å². The first-order chi connectivity index (χ1) is 10.5. The lowest BCUT2D eigenvalue weighted by Crippen LogP contribution is -2.04. The van der Waals surface area contributed by atoms with Gasteiger partial charge in [-0.1, -0.05) is 32.0 Å². The van der Waals surface area contributed by atoms with Gasteiger partial charge in [-0.05, 0) is 29.7 Å². The van der Waals surface area contributed by atoms with E-state index in [-0.39, 0.29) is 12.5 Å². The number of aromatic nitrogens is 1. The number of fused-ring (bicyclic) bond motifs is 1. The van der Waals surface area contributed by atoms with Crippen LogP contribution in [0.1, 0.15) is 31.0 Å². The van der Waals surface area contributed by atoms with E-state index in [1.165, 1.54) is 12.1 Å². The zero-order valence-electron chi connectivity index (χ0n) is 12.5. The van der Waals surface area contributed by atoms with E-state index in [1.54, 1.807) is 4.57 Å². The van der Waals surface area contributed by atoms with Gasteiger partial charge in [-0.3, -0.25) is 0 Å². The Morgan fingerprint density at radius 1 is 1.05 bits per heavy atom. The molecular formula is C18H17F2NO. The van der Waals surface area contributed by atoms with E-state index in [9.17, 15) is 13.9 Å². The lowest BCUT2D eigenvalue weighted by Gasteiger charge is -2.12. The Labute approximate surface area is 127 Å². The molecule has 0 fully saturated rings. The van der Waals surface area contributed by atoms with E-state index < -0.39 is 11.6 Å². The number of nitrogens with zero attached hydrogens (tertiary/aromatic N) is 1. The average Bonchev–Trinajstić information content (AvgIpc) is 2.80. The molecule has 0 aliphatic rings. The molecule has 1 N–H and O–H groups in total. The predicted molar refractivity (Wildman–Crippen MR) is 83.2 cm³/mol. The summed E-state index contributed by atoms with van der Waals surface area (Å²) in [6.07, 6.45) is 0. The smallest absolute Gasteiger partial charge is 0.128 e. The molecule has 0 unspecified atom stereocenters. The Balaban J connectivity index is 2.42. The van der Waals surface area contributed by atoms with Crippen LogP contribution in [0.3, 0.4) is 0 Å². The summed E-state index contributed by atoms with van der Waals surface area (Å²) in [7, 11) is 0. The zero-order chi connectivity index (χ0) is 15.9. The van der Waals surface area contributed by atoms with Gasteiger partial charge in [-0.15, -0.1) is 0 Å². The Morgan fingerprint density at radius 3 is 2.27 bits per heavy atom. The van der Waals surface area contributed by atoms with E-state index in [2.05, 4.69) is 0 Å². The van der Waals surface area contributed by atoms with Gasteiger partial charge in [0, 0.05) is 11.5 Å². The van der Waals surface area contributed by atoms with Gasteiger partial charge in [0.05, 0.1) is 23.5 Å². The summed E-state index contributed by atoms with van der Waals surface area (Å²) in [6, 6.07) is 11.1. The Hall–Kier alpha value is -2.20. The molecule has 1 aromatic heterocycles. The third-order valence-corrected chi connectivity index (χ3v) is 3.85. The number of hydrogen-bond acceptors (Lipinski definition) is 1. The standard InChI is InChI=1S/C18H17F2NO/c1-11(2)18-15-5-3-4-6-16(15)21(17(18)10-22)14-8-12(19)7-13(20)9-14/h3-9,11,22H,10H2,1-2H3. The summed E-state index contributed by atoms with van der Waals surface area (Å²) in [5, 5.41) is 10.8. The molecule has 0 amide bonds. The van der Waals surface area contributed by atoms with E-state index in [0.29, 0.717) is 11.4 Å². The molecule has 114 valence electrons. The van der Waals surface area contributed by atoms with Gasteiger partial charge in [0.1, 0.15) is 11.6 Å². The maximum absolute atomic E-state index is 13.6. The highest BCUT2D eigenvalue weighted by Crippen LogP contribution is 2.34. The molecule has 22 heavy (non-hydrogen) atoms. The quantitative estimate of drug-likeness (QED) is 0.755. The average molecular weight is 301 g/mol. The highest BCUT2D eigenvalue weighted by Gasteiger charge is 2.20. The molecule has 3 rings (SSSR count). The molecule has 2 aromatic carbocycles. The first-order valence-electron chi connectivity index (χ1n) is 7.22. The highest BCUT2D eigenvalue weighted by atomic mass is 19.1. The fraction of sp³-hybridized carbons (Fsp3) is 0.222. The van der Waals surface area contributed by atoms with Crippen LogP contribution in [0.15, 0.2) is 42.5 Å². The van der Waals surface area contributed by atoms with Crippen molar-refractivity contribution in [2.75, 3.05) is 0 Å². The normalized spacial score (nSPS) is 11.5. The molecule has 2 nitrogen and oxygen atoms in total. The van der Waals surface area contributed by atoms with E-state index >= 15 is 0 Å². The van der Waals surface area contributed by atoms with Crippen molar-refractivity contribution in [2.24, 2.45) is 0 Å². The van der Waals surface area contributed by atoms with Gasteiger partial charge in [0.2, 0.25) is 0 Å². The van der Waals surface area contributed by atoms with Crippen LogP contribution in [-0.2, 0) is 6.61 Å². The highest BCUT2D eigenvalue weighted by molar-refractivity contribution is 5.87. The van der Waals surface area contributed by atoms with Crippen molar-refractivity contribution < 1.29 is 13.9 Å². The summed E-state index contributed by atoms with van der Waals surface area (Å²) in [5.74, 6) is -1.09. The molecule has 0 saturated carbocycles. The predicted octanol–water partition coefficient (Wildman–Crippen LogP) is 4.52. The first-order valence-corrected chi connectivity index (χ1v) is 7.22. The summed E-state index contributed by atoms with van der Waals surface area (Å²) in [5.41, 5.74) is 2.88. The number of aliphatic hydroxyl groups excluding tert-OH is 1. The maximum Gasteiger partial charge on any atom is 0.128 e. The van der Waals surface area contributed by atoms with Crippen LogP contribution in [0.2, 0.25) is 0 Å². The minimum absolute atomic E-state index is 0.187. The van der Waals surface area contributed by atoms with Crippen molar-refractivity contribution in [3.8, 4) is 5.69 Å². The topological polar surface area (TPSA) is 25.2 Å². The first kappa shape index (κ1) is 14.7. The molecule has 0 atom stereocenters. The number of hydrogen-bond donors (Lipinski definition) is 1. The summed E-state index contributed by atoms with van der Waals surface area (Å²) >= 11 is 0. The van der Waals surface area contributed by atoms with Gasteiger partial charge in [-0.25, -0.2) is 8.78 Å². The molecule has 0 saturated heterocycles. The Morgan fingerprint density at radius 2 is 1.68 bits per heavy atom. The maximum atomic E-state index is 13.6. The second-order valence-electron chi connectivity index (χ2n) is 5.65. The van der Waals surface area contributed by atoms with Crippen molar-refractivity contribution in [1.82, 2.24) is 4.57 Å². The second-order valence-corrected chi connectivity index (χ2v) is 5.65. The van der Waals surface area contributed by atoms with E-state index in [1.807, 2.05) is 38.1 Å². The number of benzene rings is 2. The van der Waals surface area contributed by atoms with Crippen LogP contribution in [0.5, 0.6) is 0 Å². The minimum Gasteiger partial charge on any atom is -0.390 e. The van der Waals surface area contributed by atoms with Gasteiger partial charge >= 0.3 is 0 Å². The molecule has 0 bridgehead atoms. The van der Waals surface area contributed by atoms with Crippen molar-refractivity contribution in [3.63, 3.8) is 0 Å². The van der Waals surface area contributed by atoms with Crippen molar-refractivity contribution >= 4 is 10.9 Å². The molecule has 0 radical (unpaired) electrons. The van der Waals surface area contributed by atoms with Gasteiger partial charge in [0.15, 0.2) is 0 Å². The van der Waals surface area contributed by atoms with Gasteiger partial charge in [0.25, 0.3) is 0 Å². The molecule has 1 heterocycles. The van der Waals surface area contributed by atoms with Crippen molar-refractivity contribution in [2.45, 2.75) is 26.4 Å². The molecule has 0 aliphatic heterocycles. The van der Waals surface area contributed by atoms with Crippen LogP contribution in [0.25, 0.3) is 16.6 Å². The van der Waals surface area contributed by atoms with Crippen LogP contribution in [-0.4, -0.2) is 9.67 Å². The Bertz CT molecular complexity index is 816. The molecule has 0 aliphatic carbocycles. The monoisotopic (exact) mass is 301 g/mol. The molecular weight excluding hydrogens is 284 g/mol. The van der Waals surface area contributed by atoms with E-state index in [4.69, 9.17) is 0 Å². The third kappa shape index (κ3) is 2.29. The summed E-state index contributed by atoms with van der Waals surface area (Å²) in [6.45, 7) is 3.88. The lowest BCUT2D eigenvalue weighted by atomic mass is 9.99. The van der Waals surface area contributed by atoms with E-state index in [0.717, 1.165) is 22.5 Å². The fourth-order valence-electron chi connectivity index (χ4n) is 3.08. The number of para-hydroxylation sites is 1. The van der Waals surface area contributed by atoms with Gasteiger partial charge in [-0.2, -0.15) is 0 Å². The number of halogens is 2. The fourth-order valence-corrected chi connectivity index (χ4v) is 3.08. The largest absolute Gasteiger partial charge is 0.390 e.